The van der Waals surface area contributed by atoms with E-state index in [4.69, 9.17) is 4.52 Å². The second-order valence-electron chi connectivity index (χ2n) is 7.51. The van der Waals surface area contributed by atoms with Crippen molar-refractivity contribution in [2.24, 2.45) is 0 Å². The van der Waals surface area contributed by atoms with Crippen LogP contribution in [0.2, 0.25) is 0 Å². The third kappa shape index (κ3) is 4.93. The van der Waals surface area contributed by atoms with Crippen LogP contribution in [0.1, 0.15) is 29.3 Å². The Balaban J connectivity index is 1.70. The highest BCUT2D eigenvalue weighted by molar-refractivity contribution is 7.99. The van der Waals surface area contributed by atoms with Crippen LogP contribution in [0.15, 0.2) is 59.1 Å². The fraction of sp³-hybridized carbons (Fsp3) is 0.333. The maximum Gasteiger partial charge on any atom is 0.254 e. The molecule has 0 saturated carbocycles. The minimum absolute atomic E-state index is 0.123. The van der Waals surface area contributed by atoms with Gasteiger partial charge in [-0.3, -0.25) is 4.79 Å². The van der Waals surface area contributed by atoms with Crippen molar-refractivity contribution in [3.05, 3.63) is 71.5 Å². The van der Waals surface area contributed by atoms with E-state index in [1.54, 1.807) is 4.90 Å². The molecule has 0 radical (unpaired) electrons. The summed E-state index contributed by atoms with van der Waals surface area (Å²) < 4.78 is 19.2. The third-order valence-electron chi connectivity index (χ3n) is 5.33. The quantitative estimate of drug-likeness (QED) is 0.513. The first-order valence-electron chi connectivity index (χ1n) is 10.6. The van der Waals surface area contributed by atoms with Gasteiger partial charge in [0.25, 0.3) is 5.91 Å². The van der Waals surface area contributed by atoms with Crippen molar-refractivity contribution in [2.45, 2.75) is 19.9 Å². The molecule has 3 aromatic rings. The number of hydrogen-bond acceptors (Lipinski definition) is 5. The number of hydrogen-bond donors (Lipinski definition) is 0. The van der Waals surface area contributed by atoms with Crippen molar-refractivity contribution in [2.75, 3.05) is 36.0 Å². The molecular weight excluding hydrogens is 413 g/mol. The third-order valence-corrected chi connectivity index (χ3v) is 6.28. The maximum absolute atomic E-state index is 13.4. The normalized spacial score (nSPS) is 13.9. The lowest BCUT2D eigenvalue weighted by molar-refractivity contribution is 0.0743. The van der Waals surface area contributed by atoms with Crippen LogP contribution in [0.5, 0.6) is 0 Å². The minimum atomic E-state index is -0.353. The molecule has 2 heterocycles. The van der Waals surface area contributed by atoms with Gasteiger partial charge in [0, 0.05) is 42.3 Å². The van der Waals surface area contributed by atoms with Crippen molar-refractivity contribution >= 4 is 23.6 Å². The highest BCUT2D eigenvalue weighted by atomic mass is 32.2. The van der Waals surface area contributed by atoms with E-state index in [0.29, 0.717) is 18.7 Å². The molecule has 5 nitrogen and oxygen atoms in total. The Morgan fingerprint density at radius 3 is 2.52 bits per heavy atom. The number of carbonyl (C=O) groups is 1. The van der Waals surface area contributed by atoms with Gasteiger partial charge in [0.2, 0.25) is 5.88 Å². The number of carbonyl (C=O) groups excluding carboxylic acids is 1. The number of halogens is 1. The molecule has 1 saturated heterocycles. The van der Waals surface area contributed by atoms with E-state index >= 15 is 0 Å². The van der Waals surface area contributed by atoms with E-state index in [1.165, 1.54) is 24.3 Å². The Kier molecular flexibility index (Phi) is 6.92. The predicted molar refractivity (Wildman–Crippen MR) is 123 cm³/mol. The molecule has 1 amide bonds. The van der Waals surface area contributed by atoms with Crippen LogP contribution in [-0.4, -0.2) is 47.1 Å². The van der Waals surface area contributed by atoms with Gasteiger partial charge in [-0.2, -0.15) is 11.8 Å². The van der Waals surface area contributed by atoms with E-state index in [0.717, 1.165) is 53.7 Å². The summed E-state index contributed by atoms with van der Waals surface area (Å²) in [6.07, 6.45) is 0.814. The van der Waals surface area contributed by atoms with Gasteiger partial charge < -0.3 is 14.3 Å². The largest absolute Gasteiger partial charge is 0.339 e. The highest BCUT2D eigenvalue weighted by Crippen LogP contribution is 2.34. The summed E-state index contributed by atoms with van der Waals surface area (Å²) in [7, 11) is 0. The first-order valence-corrected chi connectivity index (χ1v) is 11.7. The molecule has 162 valence electrons. The standard InChI is InChI=1S/C24H26FN3O2S/c1-2-12-28(23(29)19-8-10-20(25)11-9-19)17-21-22(18-6-4-3-5-7-18)26-30-24(21)27-13-15-31-16-14-27/h3-11H,2,12-17H2,1H3. The van der Waals surface area contributed by atoms with E-state index in [-0.39, 0.29) is 11.7 Å². The van der Waals surface area contributed by atoms with E-state index in [1.807, 2.05) is 49.0 Å². The topological polar surface area (TPSA) is 49.6 Å². The zero-order chi connectivity index (χ0) is 21.6. The molecule has 1 aliphatic rings. The number of anilines is 1. The number of benzene rings is 2. The molecule has 1 aliphatic heterocycles. The van der Waals surface area contributed by atoms with Gasteiger partial charge in [0.15, 0.2) is 0 Å². The van der Waals surface area contributed by atoms with Gasteiger partial charge in [-0.1, -0.05) is 42.4 Å². The highest BCUT2D eigenvalue weighted by Gasteiger charge is 2.27. The predicted octanol–water partition coefficient (Wildman–Crippen LogP) is 5.09. The van der Waals surface area contributed by atoms with Crippen LogP contribution in [0.4, 0.5) is 10.3 Å². The zero-order valence-electron chi connectivity index (χ0n) is 17.6. The zero-order valence-corrected chi connectivity index (χ0v) is 18.4. The van der Waals surface area contributed by atoms with E-state index in [2.05, 4.69) is 10.1 Å². The molecule has 0 atom stereocenters. The van der Waals surface area contributed by atoms with Crippen molar-refractivity contribution in [1.29, 1.82) is 0 Å². The van der Waals surface area contributed by atoms with E-state index in [9.17, 15) is 9.18 Å². The van der Waals surface area contributed by atoms with Crippen molar-refractivity contribution in [3.63, 3.8) is 0 Å². The van der Waals surface area contributed by atoms with Gasteiger partial charge in [0.1, 0.15) is 11.5 Å². The molecule has 1 fully saturated rings. The number of aromatic nitrogens is 1. The first kappa shape index (κ1) is 21.4. The molecule has 0 unspecified atom stereocenters. The van der Waals surface area contributed by atoms with Crippen LogP contribution < -0.4 is 4.90 Å². The van der Waals surface area contributed by atoms with Crippen molar-refractivity contribution in [1.82, 2.24) is 10.1 Å². The Morgan fingerprint density at radius 1 is 1.13 bits per heavy atom. The second kappa shape index (κ2) is 10.0. The summed E-state index contributed by atoms with van der Waals surface area (Å²) in [5.74, 6) is 2.34. The molecule has 1 aromatic heterocycles. The molecule has 7 heteroatoms. The first-order chi connectivity index (χ1) is 15.2. The number of nitrogens with zero attached hydrogens (tertiary/aromatic N) is 3. The summed E-state index contributed by atoms with van der Waals surface area (Å²) >= 11 is 1.93. The molecule has 0 aliphatic carbocycles. The Labute approximate surface area is 186 Å². The lowest BCUT2D eigenvalue weighted by Crippen LogP contribution is -2.35. The SMILES string of the molecule is CCCN(Cc1c(-c2ccccc2)noc1N1CCSCC1)C(=O)c1ccc(F)cc1. The maximum atomic E-state index is 13.4. The van der Waals surface area contributed by atoms with Crippen LogP contribution in [0, 0.1) is 5.82 Å². The summed E-state index contributed by atoms with van der Waals surface area (Å²) in [6, 6.07) is 15.6. The smallest absolute Gasteiger partial charge is 0.254 e. The Bertz CT molecular complexity index is 1000. The lowest BCUT2D eigenvalue weighted by atomic mass is 10.1. The van der Waals surface area contributed by atoms with Crippen LogP contribution >= 0.6 is 11.8 Å². The van der Waals surface area contributed by atoms with Crippen molar-refractivity contribution < 1.29 is 13.7 Å². The van der Waals surface area contributed by atoms with E-state index < -0.39 is 0 Å². The summed E-state index contributed by atoms with van der Waals surface area (Å²) in [5, 5.41) is 4.41. The molecule has 31 heavy (non-hydrogen) atoms. The van der Waals surface area contributed by atoms with Crippen LogP contribution in [0.25, 0.3) is 11.3 Å². The van der Waals surface area contributed by atoms with Gasteiger partial charge in [0.05, 0.1) is 12.1 Å². The molecule has 4 rings (SSSR count). The van der Waals surface area contributed by atoms with Crippen LogP contribution in [0.3, 0.4) is 0 Å². The number of thioether (sulfide) groups is 1. The fourth-order valence-corrected chi connectivity index (χ4v) is 4.67. The lowest BCUT2D eigenvalue weighted by Gasteiger charge is -2.28. The summed E-state index contributed by atoms with van der Waals surface area (Å²) in [6.45, 7) is 4.79. The summed E-state index contributed by atoms with van der Waals surface area (Å²) in [4.78, 5) is 17.3. The average molecular weight is 440 g/mol. The second-order valence-corrected chi connectivity index (χ2v) is 8.74. The Hall–Kier alpha value is -2.80. The average Bonchev–Trinajstić information content (AvgIpc) is 3.23. The molecule has 0 N–H and O–H groups in total. The monoisotopic (exact) mass is 439 g/mol. The fourth-order valence-electron chi connectivity index (χ4n) is 3.77. The Morgan fingerprint density at radius 2 is 1.84 bits per heavy atom. The summed E-state index contributed by atoms with van der Waals surface area (Å²) in [5.41, 5.74) is 3.12. The van der Waals surface area contributed by atoms with Gasteiger partial charge in [-0.25, -0.2) is 4.39 Å². The van der Waals surface area contributed by atoms with Gasteiger partial charge >= 0.3 is 0 Å². The minimum Gasteiger partial charge on any atom is -0.339 e. The van der Waals surface area contributed by atoms with Crippen LogP contribution in [-0.2, 0) is 6.54 Å². The molecule has 2 aromatic carbocycles. The molecular formula is C24H26FN3O2S. The van der Waals surface area contributed by atoms with Gasteiger partial charge in [-0.05, 0) is 30.7 Å². The van der Waals surface area contributed by atoms with Crippen molar-refractivity contribution in [3.8, 4) is 11.3 Å². The molecule has 0 bridgehead atoms. The number of rotatable bonds is 7. The molecule has 0 spiro atoms. The number of amides is 1. The van der Waals surface area contributed by atoms with Gasteiger partial charge in [-0.15, -0.1) is 0 Å².